The highest BCUT2D eigenvalue weighted by Crippen LogP contribution is 2.05. The van der Waals surface area contributed by atoms with Crippen LogP contribution < -0.4 is 10.6 Å². The largest absolute Gasteiger partial charge is 0.389 e. The molecule has 0 heterocycles. The first-order valence-corrected chi connectivity index (χ1v) is 5.21. The van der Waals surface area contributed by atoms with Crippen molar-refractivity contribution in [2.75, 3.05) is 19.6 Å². The monoisotopic (exact) mass is 202 g/mol. The van der Waals surface area contributed by atoms with Crippen molar-refractivity contribution in [2.45, 2.75) is 39.2 Å². The van der Waals surface area contributed by atoms with Crippen LogP contribution in [0.1, 0.15) is 33.6 Å². The van der Waals surface area contributed by atoms with E-state index in [-0.39, 0.29) is 5.91 Å². The Bertz CT molecular complexity index is 170. The molecular weight excluding hydrogens is 180 g/mol. The third-order valence-corrected chi connectivity index (χ3v) is 2.17. The summed E-state index contributed by atoms with van der Waals surface area (Å²) in [6, 6.07) is 0. The Morgan fingerprint density at radius 1 is 1.43 bits per heavy atom. The van der Waals surface area contributed by atoms with Gasteiger partial charge in [0.15, 0.2) is 0 Å². The van der Waals surface area contributed by atoms with E-state index < -0.39 is 5.60 Å². The standard InChI is InChI=1S/C10H22N2O2/c1-4-10(3,14)8-11-7-6-9(13)12-5-2/h11,14H,4-8H2,1-3H3,(H,12,13). The second-order valence-corrected chi connectivity index (χ2v) is 3.73. The molecule has 0 saturated heterocycles. The molecule has 1 atom stereocenters. The molecule has 0 aliphatic rings. The van der Waals surface area contributed by atoms with E-state index in [1.54, 1.807) is 6.92 Å². The molecule has 3 N–H and O–H groups in total. The zero-order valence-electron chi connectivity index (χ0n) is 9.39. The Balaban J connectivity index is 3.42. The highest BCUT2D eigenvalue weighted by Gasteiger charge is 2.16. The van der Waals surface area contributed by atoms with Crippen molar-refractivity contribution >= 4 is 5.91 Å². The molecule has 0 aromatic heterocycles. The molecule has 0 bridgehead atoms. The van der Waals surface area contributed by atoms with Gasteiger partial charge in [0.05, 0.1) is 5.60 Å². The topological polar surface area (TPSA) is 61.4 Å². The van der Waals surface area contributed by atoms with Crippen molar-refractivity contribution in [1.82, 2.24) is 10.6 Å². The van der Waals surface area contributed by atoms with Crippen LogP contribution in [0.4, 0.5) is 0 Å². The van der Waals surface area contributed by atoms with Gasteiger partial charge in [0.1, 0.15) is 0 Å². The van der Waals surface area contributed by atoms with Gasteiger partial charge in [-0.25, -0.2) is 0 Å². The van der Waals surface area contributed by atoms with Gasteiger partial charge in [-0.05, 0) is 20.3 Å². The van der Waals surface area contributed by atoms with Crippen LogP contribution >= 0.6 is 0 Å². The lowest BCUT2D eigenvalue weighted by Crippen LogP contribution is -2.38. The number of hydrogen-bond donors (Lipinski definition) is 3. The van der Waals surface area contributed by atoms with Gasteiger partial charge in [0.25, 0.3) is 0 Å². The molecule has 4 heteroatoms. The summed E-state index contributed by atoms with van der Waals surface area (Å²) in [5.41, 5.74) is -0.665. The minimum absolute atomic E-state index is 0.0520. The number of aliphatic hydroxyl groups is 1. The van der Waals surface area contributed by atoms with Crippen molar-refractivity contribution in [3.8, 4) is 0 Å². The van der Waals surface area contributed by atoms with Crippen molar-refractivity contribution < 1.29 is 9.90 Å². The first-order valence-electron chi connectivity index (χ1n) is 5.21. The number of rotatable bonds is 7. The molecule has 1 unspecified atom stereocenters. The molecule has 0 aromatic carbocycles. The lowest BCUT2D eigenvalue weighted by Gasteiger charge is -2.21. The van der Waals surface area contributed by atoms with Crippen LogP contribution in [-0.2, 0) is 4.79 Å². The Labute approximate surface area is 86.1 Å². The summed E-state index contributed by atoms with van der Waals surface area (Å²) in [5.74, 6) is 0.0520. The zero-order chi connectivity index (χ0) is 11.0. The van der Waals surface area contributed by atoms with Crippen molar-refractivity contribution in [1.29, 1.82) is 0 Å². The smallest absolute Gasteiger partial charge is 0.221 e. The van der Waals surface area contributed by atoms with Gasteiger partial charge in [-0.15, -0.1) is 0 Å². The maximum atomic E-state index is 11.0. The fraction of sp³-hybridized carbons (Fsp3) is 0.900. The Hall–Kier alpha value is -0.610. The lowest BCUT2D eigenvalue weighted by molar-refractivity contribution is -0.120. The van der Waals surface area contributed by atoms with E-state index in [9.17, 15) is 9.90 Å². The third kappa shape index (κ3) is 6.86. The van der Waals surface area contributed by atoms with Crippen molar-refractivity contribution in [3.05, 3.63) is 0 Å². The molecule has 14 heavy (non-hydrogen) atoms. The average molecular weight is 202 g/mol. The van der Waals surface area contributed by atoms with Crippen LogP contribution in [0, 0.1) is 0 Å². The Kier molecular flexibility index (Phi) is 6.49. The second kappa shape index (κ2) is 6.79. The van der Waals surface area contributed by atoms with Gasteiger partial charge in [-0.3, -0.25) is 4.79 Å². The zero-order valence-corrected chi connectivity index (χ0v) is 9.39. The molecule has 0 saturated carbocycles. The first-order chi connectivity index (χ1) is 6.52. The molecule has 84 valence electrons. The van der Waals surface area contributed by atoms with Gasteiger partial charge >= 0.3 is 0 Å². The number of carbonyl (C=O) groups is 1. The van der Waals surface area contributed by atoms with Crippen molar-refractivity contribution in [3.63, 3.8) is 0 Å². The van der Waals surface area contributed by atoms with Gasteiger partial charge in [0.2, 0.25) is 5.91 Å². The number of amides is 1. The van der Waals surface area contributed by atoms with Crippen LogP contribution in [0.3, 0.4) is 0 Å². The molecule has 0 spiro atoms. The van der Waals surface area contributed by atoms with Gasteiger partial charge in [0, 0.05) is 26.1 Å². The molecule has 0 radical (unpaired) electrons. The molecule has 1 amide bonds. The average Bonchev–Trinajstić information content (AvgIpc) is 2.13. The number of nitrogens with one attached hydrogen (secondary N) is 2. The van der Waals surface area contributed by atoms with Gasteiger partial charge in [-0.2, -0.15) is 0 Å². The van der Waals surface area contributed by atoms with Crippen LogP contribution in [0.25, 0.3) is 0 Å². The van der Waals surface area contributed by atoms with Crippen LogP contribution in [0.5, 0.6) is 0 Å². The van der Waals surface area contributed by atoms with Gasteiger partial charge in [-0.1, -0.05) is 6.92 Å². The molecule has 4 nitrogen and oxygen atoms in total. The lowest BCUT2D eigenvalue weighted by atomic mass is 10.0. The summed E-state index contributed by atoms with van der Waals surface area (Å²) in [5, 5.41) is 15.4. The van der Waals surface area contributed by atoms with E-state index in [1.165, 1.54) is 0 Å². The molecule has 0 rings (SSSR count). The predicted octanol–water partition coefficient (Wildman–Crippen LogP) is 0.263. The van der Waals surface area contributed by atoms with Gasteiger partial charge < -0.3 is 15.7 Å². The molecule has 0 fully saturated rings. The number of hydrogen-bond acceptors (Lipinski definition) is 3. The summed E-state index contributed by atoms with van der Waals surface area (Å²) in [7, 11) is 0. The van der Waals surface area contributed by atoms with Crippen LogP contribution in [0.15, 0.2) is 0 Å². The second-order valence-electron chi connectivity index (χ2n) is 3.73. The van der Waals surface area contributed by atoms with E-state index >= 15 is 0 Å². The van der Waals surface area contributed by atoms with Crippen molar-refractivity contribution in [2.24, 2.45) is 0 Å². The Morgan fingerprint density at radius 2 is 2.07 bits per heavy atom. The minimum Gasteiger partial charge on any atom is -0.389 e. The van der Waals surface area contributed by atoms with E-state index in [2.05, 4.69) is 10.6 Å². The fourth-order valence-corrected chi connectivity index (χ4v) is 0.970. The molecule has 0 aromatic rings. The molecule has 0 aliphatic heterocycles. The van der Waals surface area contributed by atoms with E-state index in [4.69, 9.17) is 0 Å². The maximum Gasteiger partial charge on any atom is 0.221 e. The molecule has 0 aliphatic carbocycles. The maximum absolute atomic E-state index is 11.0. The third-order valence-electron chi connectivity index (χ3n) is 2.17. The highest BCUT2D eigenvalue weighted by atomic mass is 16.3. The van der Waals surface area contributed by atoms with Crippen LogP contribution in [0.2, 0.25) is 0 Å². The van der Waals surface area contributed by atoms with Crippen LogP contribution in [-0.4, -0.2) is 36.2 Å². The summed E-state index contributed by atoms with van der Waals surface area (Å²) in [4.78, 5) is 11.0. The van der Waals surface area contributed by atoms with E-state index in [0.717, 1.165) is 0 Å². The van der Waals surface area contributed by atoms with E-state index in [0.29, 0.717) is 32.5 Å². The number of carbonyl (C=O) groups excluding carboxylic acids is 1. The summed E-state index contributed by atoms with van der Waals surface area (Å²) in [6.07, 6.45) is 1.18. The Morgan fingerprint density at radius 3 is 2.57 bits per heavy atom. The quantitative estimate of drug-likeness (QED) is 0.519. The fourth-order valence-electron chi connectivity index (χ4n) is 0.970. The molecular formula is C10H22N2O2. The summed E-state index contributed by atoms with van der Waals surface area (Å²) < 4.78 is 0. The minimum atomic E-state index is -0.665. The SMILES string of the molecule is CCNC(=O)CCNCC(C)(O)CC. The normalized spacial score (nSPS) is 14.9. The predicted molar refractivity (Wildman–Crippen MR) is 57.1 cm³/mol. The summed E-state index contributed by atoms with van der Waals surface area (Å²) in [6.45, 7) is 7.43. The first kappa shape index (κ1) is 13.4. The van der Waals surface area contributed by atoms with E-state index in [1.807, 2.05) is 13.8 Å². The summed E-state index contributed by atoms with van der Waals surface area (Å²) >= 11 is 0. The highest BCUT2D eigenvalue weighted by molar-refractivity contribution is 5.75.